The molecule has 0 unspecified atom stereocenters. The number of carbonyl (C=O) groups is 2. The van der Waals surface area contributed by atoms with E-state index in [-0.39, 0.29) is 18.4 Å². The number of benzene rings is 1. The van der Waals surface area contributed by atoms with Crippen molar-refractivity contribution in [3.05, 3.63) is 35.9 Å². The van der Waals surface area contributed by atoms with Gasteiger partial charge in [0.25, 0.3) is 0 Å². The lowest BCUT2D eigenvalue weighted by molar-refractivity contribution is -0.138. The molecule has 5 nitrogen and oxygen atoms in total. The quantitative estimate of drug-likeness (QED) is 0.755. The third-order valence-corrected chi connectivity index (χ3v) is 4.48. The second-order valence-electron chi connectivity index (χ2n) is 5.67. The summed E-state index contributed by atoms with van der Waals surface area (Å²) < 4.78 is 0. The number of rotatable bonds is 7. The number of hydrogen-bond donors (Lipinski definition) is 0. The van der Waals surface area contributed by atoms with Crippen molar-refractivity contribution in [1.82, 2.24) is 14.7 Å². The Morgan fingerprint density at radius 1 is 1.23 bits per heavy atom. The van der Waals surface area contributed by atoms with Crippen molar-refractivity contribution in [3.8, 4) is 0 Å². The molecular weight excluding hydrogens is 298 g/mol. The number of carbonyl (C=O) groups excluding carboxylic acids is 2. The Morgan fingerprint density at radius 3 is 2.55 bits per heavy atom. The van der Waals surface area contributed by atoms with E-state index < -0.39 is 0 Å². The largest absolute Gasteiger partial charge is 0.336 e. The molecule has 2 amide bonds. The van der Waals surface area contributed by atoms with Crippen molar-refractivity contribution in [2.75, 3.05) is 45.4 Å². The van der Waals surface area contributed by atoms with Crippen LogP contribution in [-0.2, 0) is 16.1 Å². The van der Waals surface area contributed by atoms with Gasteiger partial charge in [-0.1, -0.05) is 30.3 Å². The maximum atomic E-state index is 12.6. The van der Waals surface area contributed by atoms with E-state index in [1.165, 1.54) is 0 Å². The maximum absolute atomic E-state index is 12.6. The van der Waals surface area contributed by atoms with Crippen LogP contribution in [0, 0.1) is 0 Å². The molecule has 0 saturated carbocycles. The first kappa shape index (κ1) is 16.8. The molecule has 0 atom stereocenters. The number of amides is 2. The minimum atomic E-state index is 0.0153. The minimum Gasteiger partial charge on any atom is -0.336 e. The average Bonchev–Trinajstić information content (AvgIpc) is 2.89. The van der Waals surface area contributed by atoms with Gasteiger partial charge in [0.2, 0.25) is 11.8 Å². The second kappa shape index (κ2) is 8.19. The Labute approximate surface area is 136 Å². The summed E-state index contributed by atoms with van der Waals surface area (Å²) in [6.07, 6.45) is 0. The van der Waals surface area contributed by atoms with Crippen LogP contribution in [0.2, 0.25) is 0 Å². The molecule has 1 aromatic rings. The van der Waals surface area contributed by atoms with Gasteiger partial charge in [0.15, 0.2) is 0 Å². The van der Waals surface area contributed by atoms with Crippen LogP contribution in [0.5, 0.6) is 0 Å². The van der Waals surface area contributed by atoms with Gasteiger partial charge in [0.1, 0.15) is 6.54 Å². The molecule has 0 radical (unpaired) electrons. The van der Waals surface area contributed by atoms with Crippen LogP contribution in [0.25, 0.3) is 0 Å². The first-order valence-corrected chi connectivity index (χ1v) is 8.53. The summed E-state index contributed by atoms with van der Waals surface area (Å²) in [5, 5.41) is 0. The zero-order chi connectivity index (χ0) is 15.9. The molecule has 1 aromatic carbocycles. The summed E-state index contributed by atoms with van der Waals surface area (Å²) >= 11 is 1.56. The van der Waals surface area contributed by atoms with E-state index in [9.17, 15) is 9.59 Å². The molecule has 1 saturated heterocycles. The molecule has 0 spiro atoms. The highest BCUT2D eigenvalue weighted by molar-refractivity contribution is 8.00. The van der Waals surface area contributed by atoms with Crippen LogP contribution >= 0.6 is 11.8 Å². The smallest absolute Gasteiger partial charge is 0.242 e. The summed E-state index contributed by atoms with van der Waals surface area (Å²) in [6.45, 7) is 2.24. The molecule has 0 aromatic heterocycles. The summed E-state index contributed by atoms with van der Waals surface area (Å²) in [7, 11) is 3.98. The number of likely N-dealkylation sites (N-methyl/N-ethyl adjacent to an activating group) is 1. The van der Waals surface area contributed by atoms with Crippen molar-refractivity contribution in [3.63, 3.8) is 0 Å². The lowest BCUT2D eigenvalue weighted by atomic mass is 10.2. The van der Waals surface area contributed by atoms with Gasteiger partial charge in [0, 0.05) is 19.6 Å². The Hall–Kier alpha value is -1.53. The van der Waals surface area contributed by atoms with Crippen molar-refractivity contribution in [2.24, 2.45) is 0 Å². The standard InChI is InChI=1S/C16H23N3O2S/c1-17(2)8-9-18(10-14-6-4-3-5-7-14)15(20)11-19-13-22-12-16(19)21/h3-7H,8-13H2,1-2H3. The zero-order valence-corrected chi connectivity index (χ0v) is 14.0. The third kappa shape index (κ3) is 5.03. The monoisotopic (exact) mass is 321 g/mol. The molecule has 2 rings (SSSR count). The van der Waals surface area contributed by atoms with Crippen LogP contribution in [0.4, 0.5) is 0 Å². The molecule has 1 heterocycles. The van der Waals surface area contributed by atoms with Crippen molar-refractivity contribution < 1.29 is 9.59 Å². The summed E-state index contributed by atoms with van der Waals surface area (Å²) in [5.41, 5.74) is 1.11. The molecule has 22 heavy (non-hydrogen) atoms. The van der Waals surface area contributed by atoms with E-state index in [0.29, 0.717) is 24.7 Å². The van der Waals surface area contributed by atoms with Gasteiger partial charge in [-0.25, -0.2) is 0 Å². The molecule has 120 valence electrons. The average molecular weight is 321 g/mol. The van der Waals surface area contributed by atoms with Gasteiger partial charge in [-0.2, -0.15) is 0 Å². The molecule has 1 fully saturated rings. The fourth-order valence-electron chi connectivity index (χ4n) is 2.22. The molecule has 0 bridgehead atoms. The topological polar surface area (TPSA) is 43.9 Å². The fraction of sp³-hybridized carbons (Fsp3) is 0.500. The third-order valence-electron chi connectivity index (χ3n) is 3.54. The van der Waals surface area contributed by atoms with Crippen molar-refractivity contribution in [1.29, 1.82) is 0 Å². The highest BCUT2D eigenvalue weighted by Crippen LogP contribution is 2.15. The van der Waals surface area contributed by atoms with Gasteiger partial charge in [0.05, 0.1) is 11.6 Å². The Kier molecular flexibility index (Phi) is 6.27. The van der Waals surface area contributed by atoms with Crippen LogP contribution < -0.4 is 0 Å². The molecule has 6 heteroatoms. The predicted octanol–water partition coefficient (Wildman–Crippen LogP) is 1.11. The van der Waals surface area contributed by atoms with Crippen molar-refractivity contribution >= 4 is 23.6 Å². The molecular formula is C16H23N3O2S. The molecule has 0 N–H and O–H groups in total. The lowest BCUT2D eigenvalue weighted by Gasteiger charge is -2.26. The lowest BCUT2D eigenvalue weighted by Crippen LogP contribution is -2.43. The number of nitrogens with zero attached hydrogens (tertiary/aromatic N) is 3. The summed E-state index contributed by atoms with van der Waals surface area (Å²) in [4.78, 5) is 29.8. The first-order valence-electron chi connectivity index (χ1n) is 7.38. The van der Waals surface area contributed by atoms with Crippen LogP contribution in [0.3, 0.4) is 0 Å². The van der Waals surface area contributed by atoms with Crippen molar-refractivity contribution in [2.45, 2.75) is 6.54 Å². The van der Waals surface area contributed by atoms with E-state index in [4.69, 9.17) is 0 Å². The zero-order valence-electron chi connectivity index (χ0n) is 13.2. The Balaban J connectivity index is 1.99. The number of thioether (sulfide) groups is 1. The van der Waals surface area contributed by atoms with Gasteiger partial charge >= 0.3 is 0 Å². The minimum absolute atomic E-state index is 0.0153. The van der Waals surface area contributed by atoms with E-state index in [1.807, 2.05) is 49.3 Å². The first-order chi connectivity index (χ1) is 10.6. The molecule has 1 aliphatic rings. The van der Waals surface area contributed by atoms with Gasteiger partial charge in [-0.05, 0) is 19.7 Å². The SMILES string of the molecule is CN(C)CCN(Cc1ccccc1)C(=O)CN1CSCC1=O. The van der Waals surface area contributed by atoms with E-state index in [2.05, 4.69) is 4.90 Å². The Bertz CT molecular complexity index is 507. The Morgan fingerprint density at radius 2 is 1.95 bits per heavy atom. The normalized spacial score (nSPS) is 14.7. The van der Waals surface area contributed by atoms with E-state index >= 15 is 0 Å². The molecule has 1 aliphatic heterocycles. The summed E-state index contributed by atoms with van der Waals surface area (Å²) in [5.74, 6) is 1.19. The van der Waals surface area contributed by atoms with Crippen LogP contribution in [0.15, 0.2) is 30.3 Å². The molecule has 0 aliphatic carbocycles. The van der Waals surface area contributed by atoms with Gasteiger partial charge in [-0.3, -0.25) is 9.59 Å². The maximum Gasteiger partial charge on any atom is 0.242 e. The van der Waals surface area contributed by atoms with E-state index in [1.54, 1.807) is 16.7 Å². The van der Waals surface area contributed by atoms with Crippen LogP contribution in [0.1, 0.15) is 5.56 Å². The fourth-order valence-corrected chi connectivity index (χ4v) is 3.12. The summed E-state index contributed by atoms with van der Waals surface area (Å²) in [6, 6.07) is 9.96. The highest BCUT2D eigenvalue weighted by Gasteiger charge is 2.25. The number of hydrogen-bond acceptors (Lipinski definition) is 4. The van der Waals surface area contributed by atoms with Gasteiger partial charge in [-0.15, -0.1) is 11.8 Å². The van der Waals surface area contributed by atoms with E-state index in [0.717, 1.165) is 12.1 Å². The highest BCUT2D eigenvalue weighted by atomic mass is 32.2. The predicted molar refractivity (Wildman–Crippen MR) is 89.5 cm³/mol. The second-order valence-corrected chi connectivity index (χ2v) is 6.63. The van der Waals surface area contributed by atoms with Crippen LogP contribution in [-0.4, -0.2) is 71.9 Å². The van der Waals surface area contributed by atoms with Gasteiger partial charge < -0.3 is 14.7 Å².